The van der Waals surface area contributed by atoms with E-state index in [1.807, 2.05) is 6.20 Å². The minimum absolute atomic E-state index is 0.203. The molecular formula is C14H23N3O. The summed E-state index contributed by atoms with van der Waals surface area (Å²) < 4.78 is 0. The lowest BCUT2D eigenvalue weighted by Crippen LogP contribution is -2.23. The third-order valence-electron chi connectivity index (χ3n) is 3.46. The van der Waals surface area contributed by atoms with E-state index in [9.17, 15) is 5.11 Å². The molecular weight excluding hydrogens is 226 g/mol. The molecule has 0 radical (unpaired) electrons. The van der Waals surface area contributed by atoms with Crippen molar-refractivity contribution >= 4 is 5.82 Å². The topological polar surface area (TPSA) is 48.4 Å². The standard InChI is InChI=1S/C14H23N3O/c1-3-6-15-11(2)12-4-7-16-14(9-12)17-8-5-13(18)10-17/h4,7,9,11,13,15,18H,3,5-6,8,10H2,1-2H3. The fourth-order valence-electron chi connectivity index (χ4n) is 2.31. The van der Waals surface area contributed by atoms with Crippen molar-refractivity contribution in [2.24, 2.45) is 0 Å². The number of hydrogen-bond acceptors (Lipinski definition) is 4. The number of β-amino-alcohol motifs (C(OH)–C–C–N with tert-alkyl or cyclic N) is 1. The molecule has 1 saturated heterocycles. The minimum atomic E-state index is -0.203. The molecule has 100 valence electrons. The van der Waals surface area contributed by atoms with Gasteiger partial charge in [0.25, 0.3) is 0 Å². The fraction of sp³-hybridized carbons (Fsp3) is 0.643. The summed E-state index contributed by atoms with van der Waals surface area (Å²) in [6, 6.07) is 4.54. The maximum atomic E-state index is 9.57. The number of nitrogens with one attached hydrogen (secondary N) is 1. The summed E-state index contributed by atoms with van der Waals surface area (Å²) in [6.45, 7) is 6.97. The molecule has 2 rings (SSSR count). The van der Waals surface area contributed by atoms with Crippen molar-refractivity contribution in [1.29, 1.82) is 0 Å². The van der Waals surface area contributed by atoms with E-state index >= 15 is 0 Å². The van der Waals surface area contributed by atoms with E-state index < -0.39 is 0 Å². The van der Waals surface area contributed by atoms with Crippen LogP contribution in [-0.4, -0.2) is 35.8 Å². The van der Waals surface area contributed by atoms with E-state index in [0.29, 0.717) is 12.6 Å². The highest BCUT2D eigenvalue weighted by atomic mass is 16.3. The highest BCUT2D eigenvalue weighted by Crippen LogP contribution is 2.21. The maximum absolute atomic E-state index is 9.57. The molecule has 18 heavy (non-hydrogen) atoms. The summed E-state index contributed by atoms with van der Waals surface area (Å²) in [5, 5.41) is 13.1. The van der Waals surface area contributed by atoms with E-state index in [-0.39, 0.29) is 6.10 Å². The Morgan fingerprint density at radius 1 is 1.61 bits per heavy atom. The van der Waals surface area contributed by atoms with Crippen LogP contribution in [0.2, 0.25) is 0 Å². The predicted octanol–water partition coefficient (Wildman–Crippen LogP) is 1.71. The van der Waals surface area contributed by atoms with E-state index in [1.165, 1.54) is 5.56 Å². The van der Waals surface area contributed by atoms with Crippen molar-refractivity contribution in [2.75, 3.05) is 24.5 Å². The molecule has 0 saturated carbocycles. The average Bonchev–Trinajstić information content (AvgIpc) is 2.83. The first-order chi connectivity index (χ1) is 8.70. The average molecular weight is 249 g/mol. The second kappa shape index (κ2) is 6.16. The van der Waals surface area contributed by atoms with Gasteiger partial charge in [-0.2, -0.15) is 0 Å². The molecule has 4 heteroatoms. The first-order valence-electron chi connectivity index (χ1n) is 6.83. The molecule has 1 fully saturated rings. The number of aliphatic hydroxyl groups is 1. The lowest BCUT2D eigenvalue weighted by Gasteiger charge is -2.19. The van der Waals surface area contributed by atoms with Gasteiger partial charge < -0.3 is 15.3 Å². The van der Waals surface area contributed by atoms with E-state index in [1.54, 1.807) is 0 Å². The molecule has 0 aliphatic carbocycles. The predicted molar refractivity (Wildman–Crippen MR) is 73.8 cm³/mol. The van der Waals surface area contributed by atoms with Crippen molar-refractivity contribution in [3.8, 4) is 0 Å². The first-order valence-corrected chi connectivity index (χ1v) is 6.83. The number of hydrogen-bond donors (Lipinski definition) is 2. The molecule has 1 aromatic heterocycles. The van der Waals surface area contributed by atoms with Crippen LogP contribution in [0.15, 0.2) is 18.3 Å². The SMILES string of the molecule is CCCNC(C)c1ccnc(N2CCC(O)C2)c1. The Morgan fingerprint density at radius 2 is 2.44 bits per heavy atom. The highest BCUT2D eigenvalue weighted by molar-refractivity contribution is 5.43. The highest BCUT2D eigenvalue weighted by Gasteiger charge is 2.21. The number of pyridine rings is 1. The van der Waals surface area contributed by atoms with Crippen LogP contribution in [0.5, 0.6) is 0 Å². The van der Waals surface area contributed by atoms with Crippen LogP contribution in [0.1, 0.15) is 38.3 Å². The van der Waals surface area contributed by atoms with Crippen molar-refractivity contribution in [3.05, 3.63) is 23.9 Å². The van der Waals surface area contributed by atoms with Gasteiger partial charge in [0.2, 0.25) is 0 Å². The van der Waals surface area contributed by atoms with Crippen molar-refractivity contribution in [3.63, 3.8) is 0 Å². The van der Waals surface area contributed by atoms with Crippen molar-refractivity contribution in [2.45, 2.75) is 38.8 Å². The van der Waals surface area contributed by atoms with Crippen LogP contribution in [-0.2, 0) is 0 Å². The Balaban J connectivity index is 2.05. The number of aliphatic hydroxyl groups excluding tert-OH is 1. The summed E-state index contributed by atoms with van der Waals surface area (Å²) in [7, 11) is 0. The second-order valence-electron chi connectivity index (χ2n) is 5.01. The lowest BCUT2D eigenvalue weighted by atomic mass is 10.1. The zero-order valence-corrected chi connectivity index (χ0v) is 11.3. The molecule has 2 atom stereocenters. The maximum Gasteiger partial charge on any atom is 0.128 e. The third-order valence-corrected chi connectivity index (χ3v) is 3.46. The van der Waals surface area contributed by atoms with Crippen molar-refractivity contribution < 1.29 is 5.11 Å². The number of rotatable bonds is 5. The summed E-state index contributed by atoms with van der Waals surface area (Å²) in [5.74, 6) is 0.981. The molecule has 1 aliphatic heterocycles. The van der Waals surface area contributed by atoms with Crippen LogP contribution < -0.4 is 10.2 Å². The van der Waals surface area contributed by atoms with Gasteiger partial charge in [-0.15, -0.1) is 0 Å². The Kier molecular flexibility index (Phi) is 4.55. The number of nitrogens with zero attached hydrogens (tertiary/aromatic N) is 2. The molecule has 1 aliphatic rings. The zero-order valence-electron chi connectivity index (χ0n) is 11.3. The van der Waals surface area contributed by atoms with Gasteiger partial charge in [0.1, 0.15) is 5.82 Å². The molecule has 2 heterocycles. The van der Waals surface area contributed by atoms with Crippen molar-refractivity contribution in [1.82, 2.24) is 10.3 Å². The van der Waals surface area contributed by atoms with Gasteiger partial charge in [0.05, 0.1) is 6.10 Å². The van der Waals surface area contributed by atoms with Gasteiger partial charge in [-0.3, -0.25) is 0 Å². The molecule has 2 N–H and O–H groups in total. The molecule has 0 bridgehead atoms. The summed E-state index contributed by atoms with van der Waals surface area (Å²) >= 11 is 0. The minimum Gasteiger partial charge on any atom is -0.391 e. The third kappa shape index (κ3) is 3.21. The Hall–Kier alpha value is -1.13. The van der Waals surface area contributed by atoms with Crippen LogP contribution >= 0.6 is 0 Å². The summed E-state index contributed by atoms with van der Waals surface area (Å²) in [6.07, 6.45) is 3.64. The largest absolute Gasteiger partial charge is 0.391 e. The quantitative estimate of drug-likeness (QED) is 0.834. The van der Waals surface area contributed by atoms with Crippen LogP contribution in [0.25, 0.3) is 0 Å². The summed E-state index contributed by atoms with van der Waals surface area (Å²) in [5.41, 5.74) is 1.26. The van der Waals surface area contributed by atoms with Gasteiger partial charge >= 0.3 is 0 Å². The monoisotopic (exact) mass is 249 g/mol. The van der Waals surface area contributed by atoms with E-state index in [2.05, 4.69) is 41.2 Å². The Bertz CT molecular complexity index is 383. The zero-order chi connectivity index (χ0) is 13.0. The lowest BCUT2D eigenvalue weighted by molar-refractivity contribution is 0.198. The van der Waals surface area contributed by atoms with Gasteiger partial charge in [0.15, 0.2) is 0 Å². The molecule has 1 aromatic rings. The van der Waals surface area contributed by atoms with Gasteiger partial charge in [-0.05, 0) is 44.0 Å². The fourth-order valence-corrected chi connectivity index (χ4v) is 2.31. The van der Waals surface area contributed by atoms with Crippen LogP contribution in [0.4, 0.5) is 5.82 Å². The van der Waals surface area contributed by atoms with Crippen LogP contribution in [0, 0.1) is 0 Å². The molecule has 0 aromatic carbocycles. The van der Waals surface area contributed by atoms with Crippen LogP contribution in [0.3, 0.4) is 0 Å². The number of anilines is 1. The molecule has 4 nitrogen and oxygen atoms in total. The molecule has 2 unspecified atom stereocenters. The van der Waals surface area contributed by atoms with Gasteiger partial charge in [-0.25, -0.2) is 4.98 Å². The molecule has 0 spiro atoms. The Morgan fingerprint density at radius 3 is 3.11 bits per heavy atom. The smallest absolute Gasteiger partial charge is 0.128 e. The Labute approximate surface area is 109 Å². The van der Waals surface area contributed by atoms with E-state index in [4.69, 9.17) is 0 Å². The number of aromatic nitrogens is 1. The van der Waals surface area contributed by atoms with Gasteiger partial charge in [-0.1, -0.05) is 6.92 Å². The molecule has 0 amide bonds. The van der Waals surface area contributed by atoms with E-state index in [0.717, 1.165) is 31.7 Å². The first kappa shape index (κ1) is 13.3. The summed E-state index contributed by atoms with van der Waals surface area (Å²) in [4.78, 5) is 6.56. The van der Waals surface area contributed by atoms with Gasteiger partial charge in [0, 0.05) is 25.3 Å². The normalized spacial score (nSPS) is 21.3. The second-order valence-corrected chi connectivity index (χ2v) is 5.01.